The molecule has 0 aromatic heterocycles. The number of rotatable bonds is 2. The average molecular weight is 374 g/mol. The number of thioether (sulfide) groups is 1. The van der Waals surface area contributed by atoms with Crippen molar-refractivity contribution in [1.82, 2.24) is 4.90 Å². The molecule has 1 aliphatic carbocycles. The Labute approximate surface area is 162 Å². The van der Waals surface area contributed by atoms with Gasteiger partial charge in [-0.05, 0) is 22.6 Å². The van der Waals surface area contributed by atoms with Crippen molar-refractivity contribution < 1.29 is 9.59 Å². The summed E-state index contributed by atoms with van der Waals surface area (Å²) in [5, 5.41) is 0.637. The molecule has 0 bridgehead atoms. The lowest BCUT2D eigenvalue weighted by Crippen LogP contribution is -2.37. The highest BCUT2D eigenvalue weighted by Crippen LogP contribution is 2.49. The second kappa shape index (κ2) is 5.92. The number of Topliss-reactive ketones (excluding diaryl/α,β-unsaturated/α-hetero) is 1. The molecule has 0 saturated carbocycles. The fourth-order valence-corrected chi connectivity index (χ4v) is 4.89. The van der Waals surface area contributed by atoms with Gasteiger partial charge in [0.25, 0.3) is 0 Å². The highest BCUT2D eigenvalue weighted by atomic mass is 32.2. The van der Waals surface area contributed by atoms with Gasteiger partial charge in [-0.3, -0.25) is 14.5 Å². The van der Waals surface area contributed by atoms with Crippen molar-refractivity contribution in [3.8, 4) is 0 Å². The lowest BCUT2D eigenvalue weighted by molar-refractivity contribution is -0.125. The Morgan fingerprint density at radius 1 is 1.04 bits per heavy atom. The second-order valence-corrected chi connectivity index (χ2v) is 8.25. The standard InChI is InChI=1S/C22H18N2O2S/c1-12(2)13-7-9-14(10-8-13)20-18-15-5-3-4-6-16(15)21(26)19(18)23-22-24(20)17(25)11-27-22/h3-10,12,20H,11H2,1-2H3/t20-/m1/s1. The molecule has 0 radical (unpaired) electrons. The molecule has 1 atom stereocenters. The number of aliphatic imine (C=N–C) groups is 1. The van der Waals surface area contributed by atoms with Crippen LogP contribution in [-0.2, 0) is 4.79 Å². The first-order chi connectivity index (χ1) is 13.1. The Hall–Kier alpha value is -2.66. The molecule has 1 fully saturated rings. The first-order valence-corrected chi connectivity index (χ1v) is 10.1. The molecule has 5 rings (SSSR count). The Kier molecular flexibility index (Phi) is 3.62. The minimum Gasteiger partial charge on any atom is -0.287 e. The molecule has 2 aromatic rings. The van der Waals surface area contributed by atoms with Crippen molar-refractivity contribution in [2.75, 3.05) is 5.75 Å². The molecule has 1 amide bonds. The fourth-order valence-electron chi connectivity index (χ4n) is 4.00. The zero-order valence-electron chi connectivity index (χ0n) is 15.1. The maximum Gasteiger partial charge on any atom is 0.239 e. The van der Waals surface area contributed by atoms with Gasteiger partial charge >= 0.3 is 0 Å². The number of nitrogens with zero attached hydrogens (tertiary/aromatic N) is 2. The minimum absolute atomic E-state index is 0.0417. The number of amides is 1. The van der Waals surface area contributed by atoms with Gasteiger partial charge in [-0.2, -0.15) is 0 Å². The Balaban J connectivity index is 1.72. The van der Waals surface area contributed by atoms with E-state index >= 15 is 0 Å². The molecule has 2 aliphatic heterocycles. The summed E-state index contributed by atoms with van der Waals surface area (Å²) in [7, 11) is 0. The van der Waals surface area contributed by atoms with Crippen molar-refractivity contribution in [1.29, 1.82) is 0 Å². The van der Waals surface area contributed by atoms with Crippen LogP contribution in [0.4, 0.5) is 0 Å². The van der Waals surface area contributed by atoms with Crippen molar-refractivity contribution >= 4 is 34.2 Å². The lowest BCUT2D eigenvalue weighted by atomic mass is 9.90. The van der Waals surface area contributed by atoms with Crippen molar-refractivity contribution in [3.05, 3.63) is 76.5 Å². The van der Waals surface area contributed by atoms with E-state index in [-0.39, 0.29) is 17.7 Å². The van der Waals surface area contributed by atoms with Crippen molar-refractivity contribution in [3.63, 3.8) is 0 Å². The molecule has 2 heterocycles. The summed E-state index contributed by atoms with van der Waals surface area (Å²) in [4.78, 5) is 32.0. The summed E-state index contributed by atoms with van der Waals surface area (Å²) >= 11 is 1.41. The van der Waals surface area contributed by atoms with E-state index in [0.29, 0.717) is 28.1 Å². The van der Waals surface area contributed by atoms with E-state index in [9.17, 15) is 9.59 Å². The molecule has 2 aromatic carbocycles. The average Bonchev–Trinajstić information content (AvgIpc) is 3.19. The van der Waals surface area contributed by atoms with E-state index in [1.54, 1.807) is 4.90 Å². The van der Waals surface area contributed by atoms with E-state index in [1.807, 2.05) is 24.3 Å². The maximum atomic E-state index is 12.9. The molecule has 5 heteroatoms. The third-order valence-corrected chi connectivity index (χ3v) is 6.33. The van der Waals surface area contributed by atoms with E-state index in [2.05, 4.69) is 43.1 Å². The van der Waals surface area contributed by atoms with Gasteiger partial charge in [0, 0.05) is 11.1 Å². The predicted octanol–water partition coefficient (Wildman–Crippen LogP) is 4.40. The van der Waals surface area contributed by atoms with Gasteiger partial charge in [0.15, 0.2) is 5.17 Å². The van der Waals surface area contributed by atoms with E-state index in [4.69, 9.17) is 0 Å². The number of carbonyl (C=O) groups is 2. The highest BCUT2D eigenvalue weighted by Gasteiger charge is 2.46. The van der Waals surface area contributed by atoms with Gasteiger partial charge in [-0.1, -0.05) is 74.1 Å². The van der Waals surface area contributed by atoms with Crippen LogP contribution < -0.4 is 0 Å². The number of ketones is 1. The van der Waals surface area contributed by atoms with Gasteiger partial charge < -0.3 is 0 Å². The number of carbonyl (C=O) groups excluding carboxylic acids is 2. The Morgan fingerprint density at radius 2 is 1.74 bits per heavy atom. The Morgan fingerprint density at radius 3 is 2.44 bits per heavy atom. The molecule has 27 heavy (non-hydrogen) atoms. The third kappa shape index (κ3) is 2.34. The molecule has 134 valence electrons. The van der Waals surface area contributed by atoms with E-state index in [1.165, 1.54) is 17.3 Å². The lowest BCUT2D eigenvalue weighted by Gasteiger charge is -2.32. The zero-order valence-corrected chi connectivity index (χ0v) is 15.9. The molecule has 0 N–H and O–H groups in total. The number of hydrogen-bond donors (Lipinski definition) is 0. The van der Waals surface area contributed by atoms with Crippen LogP contribution in [0.5, 0.6) is 0 Å². The van der Waals surface area contributed by atoms with E-state index in [0.717, 1.165) is 16.7 Å². The van der Waals surface area contributed by atoms with Gasteiger partial charge in [0.2, 0.25) is 11.7 Å². The minimum atomic E-state index is -0.302. The van der Waals surface area contributed by atoms with Crippen LogP contribution >= 0.6 is 11.8 Å². The third-order valence-electron chi connectivity index (χ3n) is 5.39. The van der Waals surface area contributed by atoms with E-state index < -0.39 is 0 Å². The van der Waals surface area contributed by atoms with Crippen molar-refractivity contribution in [2.45, 2.75) is 25.8 Å². The molecular weight excluding hydrogens is 356 g/mol. The zero-order chi connectivity index (χ0) is 18.7. The normalized spacial score (nSPS) is 20.8. The maximum absolute atomic E-state index is 12.9. The van der Waals surface area contributed by atoms with Crippen LogP contribution in [0.3, 0.4) is 0 Å². The van der Waals surface area contributed by atoms with Crippen LogP contribution in [0.25, 0.3) is 5.57 Å². The molecule has 1 saturated heterocycles. The van der Waals surface area contributed by atoms with Crippen LogP contribution in [0.2, 0.25) is 0 Å². The fraction of sp³-hybridized carbons (Fsp3) is 0.227. The van der Waals surface area contributed by atoms with Crippen LogP contribution in [0.15, 0.2) is 59.2 Å². The monoisotopic (exact) mass is 374 g/mol. The van der Waals surface area contributed by atoms with Gasteiger partial charge in [0.1, 0.15) is 5.70 Å². The number of fused-ring (bicyclic) bond motifs is 3. The first kappa shape index (κ1) is 16.5. The smallest absolute Gasteiger partial charge is 0.239 e. The quantitative estimate of drug-likeness (QED) is 0.783. The largest absolute Gasteiger partial charge is 0.287 e. The summed E-state index contributed by atoms with van der Waals surface area (Å²) in [6, 6.07) is 15.7. The summed E-state index contributed by atoms with van der Waals surface area (Å²) in [6.07, 6.45) is 0. The van der Waals surface area contributed by atoms with Crippen molar-refractivity contribution in [2.24, 2.45) is 4.99 Å². The SMILES string of the molecule is CC(C)c1ccc([C@@H]2C3=C(N=C4SCC(=O)N42)C(=O)c2ccccc23)cc1. The van der Waals surface area contributed by atoms with Crippen LogP contribution in [-0.4, -0.2) is 27.5 Å². The number of allylic oxidation sites excluding steroid dienone is 1. The van der Waals surface area contributed by atoms with Gasteiger partial charge in [0.05, 0.1) is 11.8 Å². The summed E-state index contributed by atoms with van der Waals surface area (Å²) < 4.78 is 0. The Bertz CT molecular complexity index is 1050. The van der Waals surface area contributed by atoms with Crippen LogP contribution in [0.1, 0.15) is 52.9 Å². The number of benzene rings is 2. The molecule has 0 spiro atoms. The summed E-state index contributed by atoms with van der Waals surface area (Å²) in [5.41, 5.74) is 5.18. The molecule has 3 aliphatic rings. The molecular formula is C22H18N2O2S. The van der Waals surface area contributed by atoms with Gasteiger partial charge in [-0.25, -0.2) is 4.99 Å². The molecule has 4 nitrogen and oxygen atoms in total. The highest BCUT2D eigenvalue weighted by molar-refractivity contribution is 8.15. The second-order valence-electron chi connectivity index (χ2n) is 7.31. The van der Waals surface area contributed by atoms with Crippen LogP contribution in [0, 0.1) is 0 Å². The topological polar surface area (TPSA) is 49.7 Å². The summed E-state index contributed by atoms with van der Waals surface area (Å²) in [5.74, 6) is 0.808. The number of amidine groups is 1. The molecule has 0 unspecified atom stereocenters. The first-order valence-electron chi connectivity index (χ1n) is 9.08. The van der Waals surface area contributed by atoms with Gasteiger partial charge in [-0.15, -0.1) is 0 Å². The predicted molar refractivity (Wildman–Crippen MR) is 108 cm³/mol. The summed E-state index contributed by atoms with van der Waals surface area (Å²) in [6.45, 7) is 4.32. The number of hydrogen-bond acceptors (Lipinski definition) is 4.